The monoisotopic (exact) mass is 268 g/mol. The lowest BCUT2D eigenvalue weighted by Gasteiger charge is -2.04. The first-order valence-corrected chi connectivity index (χ1v) is 6.56. The van der Waals surface area contributed by atoms with E-state index in [0.717, 1.165) is 23.1 Å². The number of hydrogen-bond donors (Lipinski definition) is 2. The minimum Gasteiger partial charge on any atom is -0.360 e. The number of amides is 1. The number of aromatic amines is 1. The van der Waals surface area contributed by atoms with Crippen molar-refractivity contribution >= 4 is 16.8 Å². The number of imidazole rings is 1. The summed E-state index contributed by atoms with van der Waals surface area (Å²) in [5.74, 6) is 0.904. The van der Waals surface area contributed by atoms with Crippen LogP contribution in [-0.2, 0) is 13.5 Å². The molecule has 3 aromatic rings. The standard InChI is InChI=1S/C15H16N4O/c1-19-9-8-16-14(19)6-7-17-15(20)12-10-18-13-5-3-2-4-11(12)13/h2-5,8-10,18H,6-7H2,1H3,(H,17,20). The van der Waals surface area contributed by atoms with Crippen LogP contribution >= 0.6 is 0 Å². The Kier molecular flexibility index (Phi) is 3.25. The highest BCUT2D eigenvalue weighted by molar-refractivity contribution is 6.06. The van der Waals surface area contributed by atoms with Gasteiger partial charge in [0.25, 0.3) is 5.91 Å². The summed E-state index contributed by atoms with van der Waals surface area (Å²) in [5.41, 5.74) is 1.65. The highest BCUT2D eigenvalue weighted by atomic mass is 16.1. The molecule has 0 bridgehead atoms. The SMILES string of the molecule is Cn1ccnc1CCNC(=O)c1c[nH]c2ccccc12. The molecule has 0 aliphatic rings. The van der Waals surface area contributed by atoms with E-state index in [0.29, 0.717) is 12.1 Å². The van der Waals surface area contributed by atoms with Crippen molar-refractivity contribution in [1.29, 1.82) is 0 Å². The van der Waals surface area contributed by atoms with E-state index in [4.69, 9.17) is 0 Å². The molecule has 1 amide bonds. The van der Waals surface area contributed by atoms with Gasteiger partial charge in [-0.25, -0.2) is 4.98 Å². The Morgan fingerprint density at radius 2 is 2.25 bits per heavy atom. The summed E-state index contributed by atoms with van der Waals surface area (Å²) < 4.78 is 1.96. The lowest BCUT2D eigenvalue weighted by atomic mass is 10.1. The molecule has 2 aromatic heterocycles. The van der Waals surface area contributed by atoms with Gasteiger partial charge in [0, 0.05) is 49.5 Å². The smallest absolute Gasteiger partial charge is 0.253 e. The van der Waals surface area contributed by atoms with Crippen LogP contribution in [0.2, 0.25) is 0 Å². The highest BCUT2D eigenvalue weighted by Crippen LogP contribution is 2.17. The zero-order valence-corrected chi connectivity index (χ0v) is 11.3. The van der Waals surface area contributed by atoms with Crippen molar-refractivity contribution in [3.63, 3.8) is 0 Å². The van der Waals surface area contributed by atoms with Gasteiger partial charge in [0.2, 0.25) is 0 Å². The van der Waals surface area contributed by atoms with Crippen LogP contribution < -0.4 is 5.32 Å². The largest absolute Gasteiger partial charge is 0.360 e. The van der Waals surface area contributed by atoms with Gasteiger partial charge in [-0.05, 0) is 6.07 Å². The van der Waals surface area contributed by atoms with Crippen LogP contribution in [0.1, 0.15) is 16.2 Å². The number of para-hydroxylation sites is 1. The van der Waals surface area contributed by atoms with Crippen molar-refractivity contribution in [2.45, 2.75) is 6.42 Å². The van der Waals surface area contributed by atoms with E-state index >= 15 is 0 Å². The Morgan fingerprint density at radius 3 is 3.05 bits per heavy atom. The van der Waals surface area contributed by atoms with E-state index in [1.165, 1.54) is 0 Å². The highest BCUT2D eigenvalue weighted by Gasteiger charge is 2.11. The van der Waals surface area contributed by atoms with E-state index in [9.17, 15) is 4.79 Å². The van der Waals surface area contributed by atoms with Gasteiger partial charge in [-0.3, -0.25) is 4.79 Å². The van der Waals surface area contributed by atoms with Crippen molar-refractivity contribution in [2.24, 2.45) is 7.05 Å². The lowest BCUT2D eigenvalue weighted by Crippen LogP contribution is -2.26. The molecule has 0 atom stereocenters. The molecule has 0 saturated carbocycles. The molecule has 0 spiro atoms. The first-order chi connectivity index (χ1) is 9.75. The molecule has 0 unspecified atom stereocenters. The summed E-state index contributed by atoms with van der Waals surface area (Å²) in [6.07, 6.45) is 6.13. The average Bonchev–Trinajstić information content (AvgIpc) is 3.05. The molecule has 5 heteroatoms. The average molecular weight is 268 g/mol. The number of carbonyl (C=O) groups is 1. The summed E-state index contributed by atoms with van der Waals surface area (Å²) in [5, 5.41) is 3.88. The van der Waals surface area contributed by atoms with Gasteiger partial charge >= 0.3 is 0 Å². The van der Waals surface area contributed by atoms with Crippen LogP contribution in [-0.4, -0.2) is 27.0 Å². The van der Waals surface area contributed by atoms with E-state index < -0.39 is 0 Å². The number of aromatic nitrogens is 3. The van der Waals surface area contributed by atoms with Gasteiger partial charge in [0.05, 0.1) is 5.56 Å². The van der Waals surface area contributed by atoms with Gasteiger partial charge in [-0.15, -0.1) is 0 Å². The Labute approximate surface area is 116 Å². The molecule has 5 nitrogen and oxygen atoms in total. The number of carbonyl (C=O) groups excluding carboxylic acids is 1. The van der Waals surface area contributed by atoms with Gasteiger partial charge in [-0.1, -0.05) is 18.2 Å². The molecule has 102 valence electrons. The number of aryl methyl sites for hydroxylation is 1. The van der Waals surface area contributed by atoms with Gasteiger partial charge < -0.3 is 14.9 Å². The molecule has 0 fully saturated rings. The number of fused-ring (bicyclic) bond motifs is 1. The summed E-state index contributed by atoms with van der Waals surface area (Å²) >= 11 is 0. The summed E-state index contributed by atoms with van der Waals surface area (Å²) in [7, 11) is 1.95. The van der Waals surface area contributed by atoms with E-state index in [1.54, 1.807) is 12.4 Å². The van der Waals surface area contributed by atoms with Crippen molar-refractivity contribution in [3.05, 3.63) is 54.2 Å². The first-order valence-electron chi connectivity index (χ1n) is 6.56. The molecule has 0 radical (unpaired) electrons. The van der Waals surface area contributed by atoms with Crippen LogP contribution in [0.3, 0.4) is 0 Å². The van der Waals surface area contributed by atoms with Crippen molar-refractivity contribution < 1.29 is 4.79 Å². The zero-order chi connectivity index (χ0) is 13.9. The maximum Gasteiger partial charge on any atom is 0.253 e. The fraction of sp³-hybridized carbons (Fsp3) is 0.200. The number of nitrogens with one attached hydrogen (secondary N) is 2. The quantitative estimate of drug-likeness (QED) is 0.759. The molecule has 0 saturated heterocycles. The van der Waals surface area contributed by atoms with Crippen molar-refractivity contribution in [1.82, 2.24) is 19.9 Å². The molecule has 0 aliphatic carbocycles. The van der Waals surface area contributed by atoms with Crippen LogP contribution in [0.25, 0.3) is 10.9 Å². The molecule has 3 rings (SSSR count). The molecule has 2 heterocycles. The Balaban J connectivity index is 1.66. The number of H-pyrrole nitrogens is 1. The third-order valence-electron chi connectivity index (χ3n) is 3.39. The van der Waals surface area contributed by atoms with Crippen molar-refractivity contribution in [2.75, 3.05) is 6.54 Å². The topological polar surface area (TPSA) is 62.7 Å². The van der Waals surface area contributed by atoms with Gasteiger partial charge in [-0.2, -0.15) is 0 Å². The van der Waals surface area contributed by atoms with E-state index in [-0.39, 0.29) is 5.91 Å². The maximum atomic E-state index is 12.2. The Hall–Kier alpha value is -2.56. The fourth-order valence-electron chi connectivity index (χ4n) is 2.28. The second-order valence-electron chi connectivity index (χ2n) is 4.71. The van der Waals surface area contributed by atoms with E-state index in [1.807, 2.05) is 42.1 Å². The normalized spacial score (nSPS) is 10.8. The van der Waals surface area contributed by atoms with Gasteiger partial charge in [0.15, 0.2) is 0 Å². The number of hydrogen-bond acceptors (Lipinski definition) is 2. The molecule has 2 N–H and O–H groups in total. The Bertz CT molecular complexity index is 741. The van der Waals surface area contributed by atoms with Crippen molar-refractivity contribution in [3.8, 4) is 0 Å². The number of rotatable bonds is 4. The number of benzene rings is 1. The van der Waals surface area contributed by atoms with Gasteiger partial charge in [0.1, 0.15) is 5.82 Å². The van der Waals surface area contributed by atoms with Crippen LogP contribution in [0.15, 0.2) is 42.9 Å². The zero-order valence-electron chi connectivity index (χ0n) is 11.3. The molecule has 1 aromatic carbocycles. The third kappa shape index (κ3) is 2.30. The fourth-order valence-corrected chi connectivity index (χ4v) is 2.28. The molecule has 20 heavy (non-hydrogen) atoms. The maximum absolute atomic E-state index is 12.2. The molecule has 0 aliphatic heterocycles. The lowest BCUT2D eigenvalue weighted by molar-refractivity contribution is 0.0955. The molecular formula is C15H16N4O. The van der Waals surface area contributed by atoms with Crippen LogP contribution in [0, 0.1) is 0 Å². The summed E-state index contributed by atoms with van der Waals surface area (Å²) in [6, 6.07) is 7.78. The van der Waals surface area contributed by atoms with Crippen LogP contribution in [0.5, 0.6) is 0 Å². The summed E-state index contributed by atoms with van der Waals surface area (Å²) in [4.78, 5) is 19.5. The predicted molar refractivity (Wildman–Crippen MR) is 77.5 cm³/mol. The van der Waals surface area contributed by atoms with Crippen LogP contribution in [0.4, 0.5) is 0 Å². The second-order valence-corrected chi connectivity index (χ2v) is 4.71. The summed E-state index contributed by atoms with van der Waals surface area (Å²) in [6.45, 7) is 0.573. The Morgan fingerprint density at radius 1 is 1.40 bits per heavy atom. The first kappa shape index (κ1) is 12.5. The van der Waals surface area contributed by atoms with E-state index in [2.05, 4.69) is 15.3 Å². The predicted octanol–water partition coefficient (Wildman–Crippen LogP) is 1.87. The second kappa shape index (κ2) is 5.21. The minimum atomic E-state index is -0.0586. The molecular weight excluding hydrogens is 252 g/mol. The number of nitrogens with zero attached hydrogens (tertiary/aromatic N) is 2. The minimum absolute atomic E-state index is 0.0586. The third-order valence-corrected chi connectivity index (χ3v) is 3.39.